The maximum atomic E-state index is 10.1. The molecule has 0 atom stereocenters. The monoisotopic (exact) mass is 354 g/mol. The van der Waals surface area contributed by atoms with E-state index in [4.69, 9.17) is 14.2 Å². The van der Waals surface area contributed by atoms with Gasteiger partial charge in [0.05, 0.1) is 39.0 Å². The van der Waals surface area contributed by atoms with E-state index in [1.165, 1.54) is 57.8 Å². The second-order valence-electron chi connectivity index (χ2n) is 5.83. The number of unbranched alkanes of at least 4 members (excludes halogenated alkanes) is 9. The molecule has 0 bridgehead atoms. The van der Waals surface area contributed by atoms with Crippen LogP contribution in [-0.2, 0) is 19.0 Å². The molecule has 0 aromatic rings. The molecule has 24 heavy (non-hydrogen) atoms. The number of hydrogen-bond acceptors (Lipinski definition) is 5. The summed E-state index contributed by atoms with van der Waals surface area (Å²) in [5.41, 5.74) is 0. The van der Waals surface area contributed by atoms with Crippen LogP contribution in [-0.4, -0.2) is 45.6 Å². The molecule has 0 radical (unpaired) electrons. The fourth-order valence-corrected chi connectivity index (χ4v) is 2.29. The summed E-state index contributed by atoms with van der Waals surface area (Å²) < 4.78 is 15.5. The minimum absolute atomic E-state index is 0. The molecular formula is C18H35NaO5. The van der Waals surface area contributed by atoms with Crippen molar-refractivity contribution < 1.29 is 53.7 Å². The number of carbonyl (C=O) groups excluding carboxylic acids is 1. The van der Waals surface area contributed by atoms with Gasteiger partial charge in [0.2, 0.25) is 0 Å². The summed E-state index contributed by atoms with van der Waals surface area (Å²) >= 11 is 0. The van der Waals surface area contributed by atoms with Crippen molar-refractivity contribution in [2.75, 3.05) is 39.6 Å². The van der Waals surface area contributed by atoms with Crippen molar-refractivity contribution in [1.82, 2.24) is 0 Å². The maximum absolute atomic E-state index is 10.1. The van der Waals surface area contributed by atoms with Crippen LogP contribution in [0, 0.1) is 0 Å². The van der Waals surface area contributed by atoms with Gasteiger partial charge in [-0.3, -0.25) is 0 Å². The number of carboxylic acid groups (broad SMARTS) is 1. The van der Waals surface area contributed by atoms with E-state index in [2.05, 4.69) is 6.92 Å². The van der Waals surface area contributed by atoms with Crippen LogP contribution in [0.5, 0.6) is 0 Å². The predicted octanol–water partition coefficient (Wildman–Crippen LogP) is -0.289. The first kappa shape index (κ1) is 26.6. The fraction of sp³-hybridized carbons (Fsp3) is 0.944. The summed E-state index contributed by atoms with van der Waals surface area (Å²) in [6.45, 7) is 4.42. The van der Waals surface area contributed by atoms with E-state index in [0.29, 0.717) is 19.8 Å². The van der Waals surface area contributed by atoms with Crippen molar-refractivity contribution in [1.29, 1.82) is 0 Å². The molecule has 0 aromatic heterocycles. The quantitative estimate of drug-likeness (QED) is 0.236. The summed E-state index contributed by atoms with van der Waals surface area (Å²) in [6, 6.07) is 0. The number of carboxylic acids is 1. The van der Waals surface area contributed by atoms with Crippen LogP contribution in [0.4, 0.5) is 0 Å². The third kappa shape index (κ3) is 24.6. The van der Waals surface area contributed by atoms with Crippen LogP contribution in [0.1, 0.15) is 71.1 Å². The minimum Gasteiger partial charge on any atom is -0.548 e. The Balaban J connectivity index is 0. The molecule has 0 aliphatic carbocycles. The van der Waals surface area contributed by atoms with E-state index in [1.807, 2.05) is 0 Å². The summed E-state index contributed by atoms with van der Waals surface area (Å²) in [5.74, 6) is -1.20. The van der Waals surface area contributed by atoms with Crippen molar-refractivity contribution in [2.24, 2.45) is 0 Å². The molecule has 0 spiro atoms. The molecule has 0 aliphatic rings. The van der Waals surface area contributed by atoms with Crippen molar-refractivity contribution >= 4 is 5.97 Å². The van der Waals surface area contributed by atoms with Gasteiger partial charge in [0.1, 0.15) is 0 Å². The van der Waals surface area contributed by atoms with Crippen molar-refractivity contribution in [3.05, 3.63) is 0 Å². The van der Waals surface area contributed by atoms with Gasteiger partial charge in [-0.25, -0.2) is 0 Å². The van der Waals surface area contributed by atoms with Gasteiger partial charge in [-0.2, -0.15) is 0 Å². The molecular weight excluding hydrogens is 319 g/mol. The predicted molar refractivity (Wildman–Crippen MR) is 89.3 cm³/mol. The largest absolute Gasteiger partial charge is 1.00 e. The zero-order valence-electron chi connectivity index (χ0n) is 15.9. The number of carbonyl (C=O) groups is 1. The van der Waals surface area contributed by atoms with Crippen LogP contribution < -0.4 is 34.7 Å². The number of hydrogen-bond donors (Lipinski definition) is 0. The van der Waals surface area contributed by atoms with Gasteiger partial charge in [0.25, 0.3) is 0 Å². The number of aliphatic carboxylic acids is 1. The van der Waals surface area contributed by atoms with Crippen LogP contribution in [0.2, 0.25) is 0 Å². The van der Waals surface area contributed by atoms with Crippen LogP contribution >= 0.6 is 0 Å². The first-order valence-corrected chi connectivity index (χ1v) is 9.20. The van der Waals surface area contributed by atoms with E-state index >= 15 is 0 Å². The Bertz CT molecular complexity index is 252. The molecule has 138 valence electrons. The van der Waals surface area contributed by atoms with Gasteiger partial charge in [-0.05, 0) is 6.42 Å². The Morgan fingerprint density at radius 3 is 1.58 bits per heavy atom. The van der Waals surface area contributed by atoms with Crippen LogP contribution in [0.25, 0.3) is 0 Å². The first-order chi connectivity index (χ1) is 11.3. The molecule has 0 saturated carbocycles. The van der Waals surface area contributed by atoms with E-state index in [1.54, 1.807) is 0 Å². The third-order valence-electron chi connectivity index (χ3n) is 3.61. The normalized spacial score (nSPS) is 10.5. The molecule has 0 unspecified atom stereocenters. The van der Waals surface area contributed by atoms with E-state index in [-0.39, 0.29) is 42.8 Å². The zero-order valence-corrected chi connectivity index (χ0v) is 17.9. The Morgan fingerprint density at radius 1 is 0.667 bits per heavy atom. The van der Waals surface area contributed by atoms with E-state index in [0.717, 1.165) is 13.0 Å². The molecule has 0 aliphatic heterocycles. The SMILES string of the molecule is CCCCCCCCCCCCOCCOCCOCC(=O)[O-].[Na+]. The van der Waals surface area contributed by atoms with E-state index < -0.39 is 5.97 Å². The topological polar surface area (TPSA) is 67.8 Å². The van der Waals surface area contributed by atoms with Crippen LogP contribution in [0.15, 0.2) is 0 Å². The van der Waals surface area contributed by atoms with Crippen LogP contribution in [0.3, 0.4) is 0 Å². The molecule has 0 heterocycles. The average Bonchev–Trinajstić information content (AvgIpc) is 2.53. The average molecular weight is 354 g/mol. The summed E-state index contributed by atoms with van der Waals surface area (Å²) in [5, 5.41) is 10.1. The molecule has 0 amide bonds. The molecule has 0 aromatic carbocycles. The molecule has 0 saturated heterocycles. The van der Waals surface area contributed by atoms with Gasteiger partial charge in [0, 0.05) is 6.61 Å². The third-order valence-corrected chi connectivity index (χ3v) is 3.61. The Morgan fingerprint density at radius 2 is 1.08 bits per heavy atom. The summed E-state index contributed by atoms with van der Waals surface area (Å²) in [6.07, 6.45) is 13.3. The molecule has 0 rings (SSSR count). The van der Waals surface area contributed by atoms with E-state index in [9.17, 15) is 9.90 Å². The molecule has 0 N–H and O–H groups in total. The number of rotatable bonds is 19. The zero-order chi connectivity index (χ0) is 17.0. The van der Waals surface area contributed by atoms with Gasteiger partial charge in [0.15, 0.2) is 0 Å². The summed E-state index contributed by atoms with van der Waals surface area (Å²) in [4.78, 5) is 10.1. The Labute approximate surface area is 170 Å². The molecule has 5 nitrogen and oxygen atoms in total. The Hall–Kier alpha value is 0.350. The van der Waals surface area contributed by atoms with Gasteiger partial charge in [-0.15, -0.1) is 0 Å². The van der Waals surface area contributed by atoms with Crippen molar-refractivity contribution in [3.8, 4) is 0 Å². The minimum atomic E-state index is -1.20. The summed E-state index contributed by atoms with van der Waals surface area (Å²) in [7, 11) is 0. The van der Waals surface area contributed by atoms with Crippen molar-refractivity contribution in [2.45, 2.75) is 71.1 Å². The number of ether oxygens (including phenoxy) is 3. The maximum Gasteiger partial charge on any atom is 1.00 e. The van der Waals surface area contributed by atoms with Gasteiger partial charge >= 0.3 is 29.6 Å². The fourth-order valence-electron chi connectivity index (χ4n) is 2.29. The van der Waals surface area contributed by atoms with Crippen molar-refractivity contribution in [3.63, 3.8) is 0 Å². The second kappa shape index (κ2) is 23.4. The van der Waals surface area contributed by atoms with Gasteiger partial charge < -0.3 is 24.1 Å². The van der Waals surface area contributed by atoms with Gasteiger partial charge in [-0.1, -0.05) is 64.7 Å². The second-order valence-corrected chi connectivity index (χ2v) is 5.83. The standard InChI is InChI=1S/C18H36O5.Na/c1-2-3-4-5-6-7-8-9-10-11-12-21-13-14-22-15-16-23-17-18(19)20;/h2-17H2,1H3,(H,19,20);/q;+1/p-1. The first-order valence-electron chi connectivity index (χ1n) is 9.20. The molecule has 0 fully saturated rings. The molecule has 6 heteroatoms. The Kier molecular flexibility index (Phi) is 25.9. The smallest absolute Gasteiger partial charge is 0.548 e.